The van der Waals surface area contributed by atoms with Gasteiger partial charge in [0.25, 0.3) is 5.56 Å². The molecule has 3 aromatic rings. The molecule has 7 heteroatoms. The Labute approximate surface area is 175 Å². The van der Waals surface area contributed by atoms with Crippen molar-refractivity contribution < 1.29 is 9.53 Å². The minimum absolute atomic E-state index is 0.123. The van der Waals surface area contributed by atoms with E-state index >= 15 is 0 Å². The summed E-state index contributed by atoms with van der Waals surface area (Å²) in [5, 5.41) is 9.10. The molecule has 1 heterocycles. The van der Waals surface area contributed by atoms with Crippen LogP contribution in [-0.4, -0.2) is 24.6 Å². The van der Waals surface area contributed by atoms with Gasteiger partial charge >= 0.3 is 0 Å². The van der Waals surface area contributed by atoms with Crippen molar-refractivity contribution in [3.8, 4) is 16.9 Å². The molecule has 0 fully saturated rings. The van der Waals surface area contributed by atoms with Gasteiger partial charge < -0.3 is 25.3 Å². The minimum atomic E-state index is -0.298. The molecular formula is C23H24N4O3. The summed E-state index contributed by atoms with van der Waals surface area (Å²) in [6.45, 7) is 3.49. The summed E-state index contributed by atoms with van der Waals surface area (Å²) in [5.41, 5.74) is 4.30. The molecule has 0 unspecified atom stereocenters. The van der Waals surface area contributed by atoms with E-state index in [0.29, 0.717) is 11.4 Å². The molecule has 0 atom stereocenters. The third-order valence-corrected chi connectivity index (χ3v) is 4.61. The molecule has 1 amide bonds. The van der Waals surface area contributed by atoms with Gasteiger partial charge in [0.2, 0.25) is 5.91 Å². The fraction of sp³-hybridized carbons (Fsp3) is 0.130. The van der Waals surface area contributed by atoms with Gasteiger partial charge in [0.05, 0.1) is 7.11 Å². The molecule has 154 valence electrons. The van der Waals surface area contributed by atoms with Gasteiger partial charge in [-0.3, -0.25) is 9.59 Å². The quantitative estimate of drug-likeness (QED) is 0.519. The highest BCUT2D eigenvalue weighted by Gasteiger charge is 2.12. The van der Waals surface area contributed by atoms with Crippen LogP contribution in [0.3, 0.4) is 0 Å². The van der Waals surface area contributed by atoms with Gasteiger partial charge in [-0.05, 0) is 54.6 Å². The zero-order valence-corrected chi connectivity index (χ0v) is 17.2. The number of aromatic nitrogens is 1. The number of aryl methyl sites for hydroxylation is 1. The molecule has 0 saturated heterocycles. The second-order valence-electron chi connectivity index (χ2n) is 6.62. The Morgan fingerprint density at radius 2 is 1.77 bits per heavy atom. The van der Waals surface area contributed by atoms with Crippen molar-refractivity contribution >= 4 is 28.7 Å². The average Bonchev–Trinajstić information content (AvgIpc) is 2.77. The smallest absolute Gasteiger partial charge is 0.273 e. The van der Waals surface area contributed by atoms with Crippen LogP contribution in [-0.2, 0) is 11.8 Å². The summed E-state index contributed by atoms with van der Waals surface area (Å²) in [5.74, 6) is 0.466. The Morgan fingerprint density at radius 1 is 1.07 bits per heavy atom. The highest BCUT2D eigenvalue weighted by atomic mass is 16.5. The molecular weight excluding hydrogens is 380 g/mol. The lowest BCUT2D eigenvalue weighted by Gasteiger charge is -2.16. The fourth-order valence-corrected chi connectivity index (χ4v) is 3.03. The van der Waals surface area contributed by atoms with E-state index in [-0.39, 0.29) is 11.5 Å². The van der Waals surface area contributed by atoms with Gasteiger partial charge in [-0.25, -0.2) is 0 Å². The molecule has 2 aromatic carbocycles. The normalized spacial score (nSPS) is 10.2. The van der Waals surface area contributed by atoms with Gasteiger partial charge in [-0.15, -0.1) is 0 Å². The number of benzene rings is 2. The highest BCUT2D eigenvalue weighted by molar-refractivity contribution is 6.00. The number of carbonyl (C=O) groups is 1. The SMILES string of the molecule is C=CC(=O)Nc1ccc(Nc2ccc(OC)cc2)c(-c2cc(NC)c(=O)n(C)c2)c1. The number of methoxy groups -OCH3 is 1. The number of amides is 1. The second kappa shape index (κ2) is 9.00. The number of hydrogen-bond acceptors (Lipinski definition) is 5. The first kappa shape index (κ1) is 20.7. The largest absolute Gasteiger partial charge is 0.497 e. The Balaban J connectivity index is 2.09. The van der Waals surface area contributed by atoms with Crippen molar-refractivity contribution in [2.45, 2.75) is 0 Å². The maximum atomic E-state index is 12.3. The summed E-state index contributed by atoms with van der Waals surface area (Å²) in [6, 6.07) is 14.9. The maximum absolute atomic E-state index is 12.3. The molecule has 0 aliphatic carbocycles. The first-order chi connectivity index (χ1) is 14.4. The van der Waals surface area contributed by atoms with E-state index in [1.54, 1.807) is 39.5 Å². The van der Waals surface area contributed by atoms with Gasteiger partial charge in [0, 0.05) is 48.5 Å². The molecule has 3 N–H and O–H groups in total. The van der Waals surface area contributed by atoms with E-state index < -0.39 is 0 Å². The van der Waals surface area contributed by atoms with E-state index in [4.69, 9.17) is 4.74 Å². The number of carbonyl (C=O) groups excluding carboxylic acids is 1. The molecule has 0 aliphatic rings. The lowest BCUT2D eigenvalue weighted by Crippen LogP contribution is -2.19. The third kappa shape index (κ3) is 4.52. The highest BCUT2D eigenvalue weighted by Crippen LogP contribution is 2.34. The Kier molecular flexibility index (Phi) is 6.22. The fourth-order valence-electron chi connectivity index (χ4n) is 3.03. The van der Waals surface area contributed by atoms with E-state index in [9.17, 15) is 9.59 Å². The van der Waals surface area contributed by atoms with E-state index in [1.165, 1.54) is 10.6 Å². The molecule has 0 radical (unpaired) electrons. The average molecular weight is 404 g/mol. The van der Waals surface area contributed by atoms with Gasteiger partial charge in [0.15, 0.2) is 0 Å². The van der Waals surface area contributed by atoms with Crippen molar-refractivity contribution in [3.05, 3.63) is 77.7 Å². The van der Waals surface area contributed by atoms with Crippen LogP contribution < -0.4 is 26.2 Å². The molecule has 0 bridgehead atoms. The first-order valence-electron chi connectivity index (χ1n) is 9.32. The predicted molar refractivity (Wildman–Crippen MR) is 122 cm³/mol. The number of hydrogen-bond donors (Lipinski definition) is 3. The van der Waals surface area contributed by atoms with E-state index in [1.807, 2.05) is 36.4 Å². The summed E-state index contributed by atoms with van der Waals surface area (Å²) in [4.78, 5) is 24.0. The van der Waals surface area contributed by atoms with Crippen LogP contribution in [0, 0.1) is 0 Å². The first-order valence-corrected chi connectivity index (χ1v) is 9.32. The van der Waals surface area contributed by atoms with E-state index in [2.05, 4.69) is 22.5 Å². The maximum Gasteiger partial charge on any atom is 0.273 e. The Bertz CT molecular complexity index is 1130. The van der Waals surface area contributed by atoms with Crippen LogP contribution in [0.15, 0.2) is 72.2 Å². The molecule has 0 saturated carbocycles. The van der Waals surface area contributed by atoms with Crippen LogP contribution >= 0.6 is 0 Å². The van der Waals surface area contributed by atoms with Gasteiger partial charge in [-0.1, -0.05) is 6.58 Å². The third-order valence-electron chi connectivity index (χ3n) is 4.61. The second-order valence-corrected chi connectivity index (χ2v) is 6.62. The molecule has 3 rings (SSSR count). The monoisotopic (exact) mass is 404 g/mol. The lowest BCUT2D eigenvalue weighted by molar-refractivity contribution is -0.111. The van der Waals surface area contributed by atoms with Crippen LogP contribution in [0.5, 0.6) is 5.75 Å². The molecule has 0 spiro atoms. The van der Waals surface area contributed by atoms with Crippen molar-refractivity contribution in [2.24, 2.45) is 7.05 Å². The molecule has 1 aromatic heterocycles. The summed E-state index contributed by atoms with van der Waals surface area (Å²) in [7, 11) is 5.03. The lowest BCUT2D eigenvalue weighted by atomic mass is 10.0. The standard InChI is InChI=1S/C23H24N4O3/c1-5-22(28)26-17-8-11-20(25-16-6-9-18(30-4)10-7-16)19(13-17)15-12-21(24-2)23(29)27(3)14-15/h5-14,24-25H,1H2,2-4H3,(H,26,28). The number of nitrogens with zero attached hydrogens (tertiary/aromatic N) is 1. The van der Waals surface area contributed by atoms with Gasteiger partial charge in [-0.2, -0.15) is 0 Å². The molecule has 0 aliphatic heterocycles. The minimum Gasteiger partial charge on any atom is -0.497 e. The van der Waals surface area contributed by atoms with Crippen LogP contribution in [0.1, 0.15) is 0 Å². The van der Waals surface area contributed by atoms with Crippen molar-refractivity contribution in [2.75, 3.05) is 30.1 Å². The summed E-state index contributed by atoms with van der Waals surface area (Å²) < 4.78 is 6.73. The van der Waals surface area contributed by atoms with Gasteiger partial charge in [0.1, 0.15) is 11.4 Å². The zero-order chi connectivity index (χ0) is 21.7. The zero-order valence-electron chi connectivity index (χ0n) is 17.2. The topological polar surface area (TPSA) is 84.4 Å². The summed E-state index contributed by atoms with van der Waals surface area (Å²) in [6.07, 6.45) is 2.98. The summed E-state index contributed by atoms with van der Waals surface area (Å²) >= 11 is 0. The predicted octanol–water partition coefficient (Wildman–Crippen LogP) is 3.97. The number of rotatable bonds is 7. The Hall–Kier alpha value is -4.00. The molecule has 30 heavy (non-hydrogen) atoms. The van der Waals surface area contributed by atoms with Crippen LogP contribution in [0.2, 0.25) is 0 Å². The van der Waals surface area contributed by atoms with Crippen molar-refractivity contribution in [3.63, 3.8) is 0 Å². The number of nitrogens with one attached hydrogen (secondary N) is 3. The van der Waals surface area contributed by atoms with Crippen molar-refractivity contribution in [1.29, 1.82) is 0 Å². The Morgan fingerprint density at radius 3 is 2.40 bits per heavy atom. The molecule has 7 nitrogen and oxygen atoms in total. The number of ether oxygens (including phenoxy) is 1. The van der Waals surface area contributed by atoms with Crippen molar-refractivity contribution in [1.82, 2.24) is 4.57 Å². The number of pyridine rings is 1. The van der Waals surface area contributed by atoms with Crippen LogP contribution in [0.25, 0.3) is 11.1 Å². The van der Waals surface area contributed by atoms with Crippen LogP contribution in [0.4, 0.5) is 22.7 Å². The van der Waals surface area contributed by atoms with E-state index in [0.717, 1.165) is 28.3 Å². The number of anilines is 4.